The minimum atomic E-state index is 0.347. The maximum absolute atomic E-state index is 4.34. The molecule has 2 N–H and O–H groups in total. The number of hydrogen-bond donors (Lipinski definition) is 2. The largest absolute Gasteiger partial charge is 0.385 e. The van der Waals surface area contributed by atoms with Gasteiger partial charge in [0.05, 0.1) is 0 Å². The van der Waals surface area contributed by atoms with E-state index < -0.39 is 0 Å². The molecule has 2 aliphatic rings. The van der Waals surface area contributed by atoms with E-state index in [2.05, 4.69) is 62.3 Å². The predicted molar refractivity (Wildman–Crippen MR) is 106 cm³/mol. The summed E-state index contributed by atoms with van der Waals surface area (Å²) in [6.07, 6.45) is 17.9. The fraction of sp³-hybridized carbons (Fsp3) is 0.636. The van der Waals surface area contributed by atoms with Crippen LogP contribution < -0.4 is 10.6 Å². The number of nitrogens with one attached hydrogen (secondary N) is 2. The second kappa shape index (κ2) is 9.88. The van der Waals surface area contributed by atoms with Crippen molar-refractivity contribution in [1.29, 1.82) is 0 Å². The highest BCUT2D eigenvalue weighted by Gasteiger charge is 2.26. The molecule has 0 radical (unpaired) electrons. The molecule has 0 aromatic rings. The molecule has 0 aliphatic heterocycles. The van der Waals surface area contributed by atoms with Gasteiger partial charge in [-0.15, -0.1) is 0 Å². The Labute approximate surface area is 149 Å². The topological polar surface area (TPSA) is 24.1 Å². The highest BCUT2D eigenvalue weighted by molar-refractivity contribution is 5.38. The first-order chi connectivity index (χ1) is 11.7. The minimum Gasteiger partial charge on any atom is -0.385 e. The van der Waals surface area contributed by atoms with Gasteiger partial charge in [-0.05, 0) is 44.7 Å². The van der Waals surface area contributed by atoms with Crippen LogP contribution in [0.15, 0.2) is 47.7 Å². The van der Waals surface area contributed by atoms with E-state index in [-0.39, 0.29) is 0 Å². The fourth-order valence-electron chi connectivity index (χ4n) is 4.11. The third-order valence-electron chi connectivity index (χ3n) is 5.30. The van der Waals surface area contributed by atoms with Gasteiger partial charge < -0.3 is 10.6 Å². The molecule has 2 unspecified atom stereocenters. The third-order valence-corrected chi connectivity index (χ3v) is 5.30. The van der Waals surface area contributed by atoms with E-state index in [1.165, 1.54) is 48.9 Å². The average Bonchev–Trinajstić information content (AvgIpc) is 2.61. The smallest absolute Gasteiger partial charge is 0.0406 e. The van der Waals surface area contributed by atoms with Crippen LogP contribution in [0.4, 0.5) is 0 Å². The second-order valence-corrected chi connectivity index (χ2v) is 7.25. The summed E-state index contributed by atoms with van der Waals surface area (Å²) in [5, 5.41) is 7.64. The molecule has 2 heteroatoms. The SMILES string of the molecule is C=C(C)/C(=C(\CC)NC1CCCCC1)C(NCC)C1C=CC=CC1. The molecule has 0 spiro atoms. The number of allylic oxidation sites excluding steroid dienone is 4. The van der Waals surface area contributed by atoms with Crippen molar-refractivity contribution in [3.05, 3.63) is 47.7 Å². The molecular formula is C22H36N2. The first-order valence-corrected chi connectivity index (χ1v) is 9.89. The van der Waals surface area contributed by atoms with Crippen molar-refractivity contribution in [3.63, 3.8) is 0 Å². The van der Waals surface area contributed by atoms with Gasteiger partial charge in [0, 0.05) is 23.7 Å². The van der Waals surface area contributed by atoms with Crippen molar-refractivity contribution in [2.75, 3.05) is 6.54 Å². The lowest BCUT2D eigenvalue weighted by Crippen LogP contribution is -2.41. The maximum Gasteiger partial charge on any atom is 0.0406 e. The Bertz CT molecular complexity index is 492. The van der Waals surface area contributed by atoms with E-state index in [1.54, 1.807) is 0 Å². The van der Waals surface area contributed by atoms with E-state index in [0.717, 1.165) is 19.4 Å². The van der Waals surface area contributed by atoms with Gasteiger partial charge in [-0.2, -0.15) is 0 Å². The first kappa shape index (κ1) is 19.1. The van der Waals surface area contributed by atoms with Crippen LogP contribution in [0.25, 0.3) is 0 Å². The molecule has 0 amide bonds. The Morgan fingerprint density at radius 1 is 1.17 bits per heavy atom. The van der Waals surface area contributed by atoms with Crippen molar-refractivity contribution >= 4 is 0 Å². The van der Waals surface area contributed by atoms with Gasteiger partial charge in [0.1, 0.15) is 0 Å². The minimum absolute atomic E-state index is 0.347. The van der Waals surface area contributed by atoms with E-state index >= 15 is 0 Å². The lowest BCUT2D eigenvalue weighted by molar-refractivity contribution is 0.388. The molecule has 1 saturated carbocycles. The summed E-state index contributed by atoms with van der Waals surface area (Å²) >= 11 is 0. The van der Waals surface area contributed by atoms with Crippen LogP contribution in [0.5, 0.6) is 0 Å². The Balaban J connectivity index is 2.27. The van der Waals surface area contributed by atoms with Crippen molar-refractivity contribution in [2.45, 2.75) is 77.8 Å². The molecule has 1 fully saturated rings. The normalized spacial score (nSPS) is 23.7. The summed E-state index contributed by atoms with van der Waals surface area (Å²) in [5.41, 5.74) is 4.02. The molecule has 0 saturated heterocycles. The van der Waals surface area contributed by atoms with Gasteiger partial charge in [-0.25, -0.2) is 0 Å². The van der Waals surface area contributed by atoms with Crippen LogP contribution in [-0.2, 0) is 0 Å². The van der Waals surface area contributed by atoms with Crippen LogP contribution in [0.3, 0.4) is 0 Å². The number of rotatable bonds is 8. The monoisotopic (exact) mass is 328 g/mol. The molecule has 0 aromatic carbocycles. The van der Waals surface area contributed by atoms with Crippen LogP contribution in [0.2, 0.25) is 0 Å². The van der Waals surface area contributed by atoms with E-state index in [4.69, 9.17) is 0 Å². The molecule has 24 heavy (non-hydrogen) atoms. The molecular weight excluding hydrogens is 292 g/mol. The van der Waals surface area contributed by atoms with E-state index in [1.807, 2.05) is 0 Å². The maximum atomic E-state index is 4.34. The summed E-state index contributed by atoms with van der Waals surface area (Å²) in [4.78, 5) is 0. The highest BCUT2D eigenvalue weighted by Crippen LogP contribution is 2.29. The molecule has 2 rings (SSSR count). The predicted octanol–water partition coefficient (Wildman–Crippen LogP) is 5.26. The van der Waals surface area contributed by atoms with Crippen LogP contribution in [0.1, 0.15) is 65.7 Å². The van der Waals surface area contributed by atoms with Crippen molar-refractivity contribution < 1.29 is 0 Å². The van der Waals surface area contributed by atoms with Gasteiger partial charge in [-0.1, -0.05) is 69.6 Å². The quantitative estimate of drug-likeness (QED) is 0.594. The van der Waals surface area contributed by atoms with Crippen LogP contribution >= 0.6 is 0 Å². The zero-order valence-electron chi connectivity index (χ0n) is 15.9. The van der Waals surface area contributed by atoms with Crippen molar-refractivity contribution in [2.24, 2.45) is 5.92 Å². The van der Waals surface area contributed by atoms with E-state index in [9.17, 15) is 0 Å². The van der Waals surface area contributed by atoms with E-state index in [0.29, 0.717) is 18.0 Å². The molecule has 0 bridgehead atoms. The first-order valence-electron chi connectivity index (χ1n) is 9.89. The standard InChI is InChI=1S/C22H36N2/c1-5-20(24-19-15-11-8-12-16-19)21(17(3)4)22(23-6-2)18-13-9-7-10-14-18/h7,9-10,13,18-19,22-24H,3,5-6,8,11-12,14-16H2,1-2,4H3/b21-20-. The van der Waals surface area contributed by atoms with Crippen LogP contribution in [-0.4, -0.2) is 18.6 Å². The summed E-state index contributed by atoms with van der Waals surface area (Å²) in [7, 11) is 0. The Kier molecular flexibility index (Phi) is 7.84. The molecule has 2 nitrogen and oxygen atoms in total. The van der Waals surface area contributed by atoms with Gasteiger partial charge in [0.15, 0.2) is 0 Å². The second-order valence-electron chi connectivity index (χ2n) is 7.25. The Morgan fingerprint density at radius 2 is 1.92 bits per heavy atom. The number of hydrogen-bond acceptors (Lipinski definition) is 2. The van der Waals surface area contributed by atoms with Crippen molar-refractivity contribution in [3.8, 4) is 0 Å². The lowest BCUT2D eigenvalue weighted by Gasteiger charge is -2.33. The Hall–Kier alpha value is -1.28. The summed E-state index contributed by atoms with van der Waals surface area (Å²) in [6.45, 7) is 12.0. The van der Waals surface area contributed by atoms with Gasteiger partial charge in [0.25, 0.3) is 0 Å². The summed E-state index contributed by atoms with van der Waals surface area (Å²) in [6, 6.07) is 0.992. The Morgan fingerprint density at radius 3 is 2.46 bits per heavy atom. The molecule has 2 aliphatic carbocycles. The molecule has 0 heterocycles. The van der Waals surface area contributed by atoms with Gasteiger partial charge in [0.2, 0.25) is 0 Å². The molecule has 134 valence electrons. The molecule has 0 aromatic heterocycles. The fourth-order valence-corrected chi connectivity index (χ4v) is 4.11. The van der Waals surface area contributed by atoms with Crippen LogP contribution in [0, 0.1) is 5.92 Å². The average molecular weight is 329 g/mol. The summed E-state index contributed by atoms with van der Waals surface area (Å²) < 4.78 is 0. The third kappa shape index (κ3) is 5.11. The number of likely N-dealkylation sites (N-methyl/N-ethyl adjacent to an activating group) is 1. The lowest BCUT2D eigenvalue weighted by atomic mass is 9.83. The zero-order valence-corrected chi connectivity index (χ0v) is 15.9. The van der Waals surface area contributed by atoms with Gasteiger partial charge >= 0.3 is 0 Å². The highest BCUT2D eigenvalue weighted by atomic mass is 15.0. The van der Waals surface area contributed by atoms with Gasteiger partial charge in [-0.3, -0.25) is 0 Å². The van der Waals surface area contributed by atoms with Crippen molar-refractivity contribution in [1.82, 2.24) is 10.6 Å². The zero-order chi connectivity index (χ0) is 17.4. The molecule has 2 atom stereocenters. The summed E-state index contributed by atoms with van der Waals surface area (Å²) in [5.74, 6) is 0.511.